The van der Waals surface area contributed by atoms with E-state index < -0.39 is 11.6 Å². The molecule has 0 bridgehead atoms. The minimum absolute atomic E-state index is 0.283. The lowest BCUT2D eigenvalue weighted by molar-refractivity contribution is -0.138. The van der Waals surface area contributed by atoms with Gasteiger partial charge in [0, 0.05) is 18.2 Å². The molecule has 7 heteroatoms. The first kappa shape index (κ1) is 19.4. The Bertz CT molecular complexity index is 945. The molecule has 0 atom stereocenters. The SMILES string of the molecule is CC1(C)C=Nc2c(N)nc(-c3ccc(C4CCC(CC(=O)O)CC4)cc3)nc2O1. The Morgan fingerprint density at radius 2 is 1.86 bits per heavy atom. The molecule has 2 heterocycles. The zero-order valence-corrected chi connectivity index (χ0v) is 16.8. The highest BCUT2D eigenvalue weighted by Crippen LogP contribution is 2.39. The number of nitrogen functional groups attached to an aromatic ring is 1. The van der Waals surface area contributed by atoms with Gasteiger partial charge in [-0.05, 0) is 56.9 Å². The van der Waals surface area contributed by atoms with Crippen molar-refractivity contribution in [3.63, 3.8) is 0 Å². The summed E-state index contributed by atoms with van der Waals surface area (Å²) in [4.78, 5) is 24.2. The Morgan fingerprint density at radius 1 is 1.17 bits per heavy atom. The van der Waals surface area contributed by atoms with E-state index in [-0.39, 0.29) is 6.42 Å². The summed E-state index contributed by atoms with van der Waals surface area (Å²) in [6, 6.07) is 8.24. The fourth-order valence-electron chi connectivity index (χ4n) is 4.12. The summed E-state index contributed by atoms with van der Waals surface area (Å²) in [5, 5.41) is 8.97. The van der Waals surface area contributed by atoms with Gasteiger partial charge in [-0.3, -0.25) is 4.79 Å². The number of ether oxygens (including phenoxy) is 1. The van der Waals surface area contributed by atoms with Crippen molar-refractivity contribution >= 4 is 23.7 Å². The largest absolute Gasteiger partial charge is 0.481 e. The number of hydrogen-bond acceptors (Lipinski definition) is 6. The number of aromatic nitrogens is 2. The number of nitrogens with zero attached hydrogens (tertiary/aromatic N) is 3. The topological polar surface area (TPSA) is 111 Å². The lowest BCUT2D eigenvalue weighted by atomic mass is 9.77. The molecule has 2 aliphatic rings. The number of aliphatic imine (C=N–C) groups is 1. The summed E-state index contributed by atoms with van der Waals surface area (Å²) in [5.74, 6) is 1.31. The van der Waals surface area contributed by atoms with Gasteiger partial charge in [-0.25, -0.2) is 9.98 Å². The number of carboxylic acids is 1. The number of benzene rings is 1. The maximum Gasteiger partial charge on any atom is 0.303 e. The van der Waals surface area contributed by atoms with Crippen LogP contribution in [0.2, 0.25) is 0 Å². The maximum absolute atomic E-state index is 10.9. The fraction of sp³-hybridized carbons (Fsp3) is 0.455. The number of rotatable bonds is 4. The summed E-state index contributed by atoms with van der Waals surface area (Å²) in [5.41, 5.74) is 8.16. The monoisotopic (exact) mass is 394 g/mol. The zero-order valence-electron chi connectivity index (χ0n) is 16.8. The van der Waals surface area contributed by atoms with Crippen molar-refractivity contribution in [2.45, 2.75) is 57.5 Å². The number of anilines is 1. The summed E-state index contributed by atoms with van der Waals surface area (Å²) < 4.78 is 5.90. The third-order valence-corrected chi connectivity index (χ3v) is 5.69. The van der Waals surface area contributed by atoms with E-state index in [1.54, 1.807) is 6.21 Å². The minimum Gasteiger partial charge on any atom is -0.481 e. The quantitative estimate of drug-likeness (QED) is 0.798. The molecule has 29 heavy (non-hydrogen) atoms. The van der Waals surface area contributed by atoms with Crippen molar-refractivity contribution in [1.82, 2.24) is 9.97 Å². The molecule has 1 aromatic heterocycles. The van der Waals surface area contributed by atoms with Gasteiger partial charge in [0.2, 0.25) is 5.88 Å². The molecule has 0 unspecified atom stereocenters. The van der Waals surface area contributed by atoms with Crippen molar-refractivity contribution < 1.29 is 14.6 Å². The van der Waals surface area contributed by atoms with Crippen LogP contribution in [-0.2, 0) is 4.79 Å². The van der Waals surface area contributed by atoms with Crippen LogP contribution >= 0.6 is 0 Å². The molecule has 0 radical (unpaired) electrons. The Hall–Kier alpha value is -2.96. The van der Waals surface area contributed by atoms with Gasteiger partial charge < -0.3 is 15.6 Å². The van der Waals surface area contributed by atoms with Crippen LogP contribution in [0, 0.1) is 5.92 Å². The predicted molar refractivity (Wildman–Crippen MR) is 112 cm³/mol. The van der Waals surface area contributed by atoms with Gasteiger partial charge in [0.1, 0.15) is 5.60 Å². The third kappa shape index (κ3) is 4.23. The molecule has 0 spiro atoms. The Labute approximate surface area is 170 Å². The standard InChI is InChI=1S/C22H26N4O3/c1-22(2)12-24-18-19(23)25-20(26-21(18)29-22)16-9-7-15(8-10-16)14-5-3-13(4-6-14)11-17(27)28/h7-10,12-14H,3-6,11H2,1-2H3,(H,27,28)(H2,23,25,26). The van der Waals surface area contributed by atoms with Crippen LogP contribution in [0.4, 0.5) is 11.5 Å². The van der Waals surface area contributed by atoms with Gasteiger partial charge in [-0.1, -0.05) is 24.3 Å². The highest BCUT2D eigenvalue weighted by atomic mass is 16.5. The molecule has 2 aromatic rings. The maximum atomic E-state index is 10.9. The first-order valence-electron chi connectivity index (χ1n) is 10.0. The molecule has 1 aliphatic carbocycles. The van der Waals surface area contributed by atoms with Gasteiger partial charge in [0.25, 0.3) is 0 Å². The number of fused-ring (bicyclic) bond motifs is 1. The lowest BCUT2D eigenvalue weighted by Gasteiger charge is -2.28. The molecule has 1 aliphatic heterocycles. The summed E-state index contributed by atoms with van der Waals surface area (Å²) in [6.07, 6.45) is 5.98. The second-order valence-corrected chi connectivity index (χ2v) is 8.49. The smallest absolute Gasteiger partial charge is 0.303 e. The van der Waals surface area contributed by atoms with Gasteiger partial charge >= 0.3 is 5.97 Å². The highest BCUT2D eigenvalue weighted by molar-refractivity contribution is 5.81. The molecule has 1 aromatic carbocycles. The molecule has 7 nitrogen and oxygen atoms in total. The first-order chi connectivity index (χ1) is 13.8. The fourth-order valence-corrected chi connectivity index (χ4v) is 4.12. The van der Waals surface area contributed by atoms with Crippen LogP contribution in [0.25, 0.3) is 11.4 Å². The molecule has 0 amide bonds. The van der Waals surface area contributed by atoms with Gasteiger partial charge in [0.15, 0.2) is 17.3 Å². The molecule has 4 rings (SSSR count). The zero-order chi connectivity index (χ0) is 20.6. The second-order valence-electron chi connectivity index (χ2n) is 8.49. The average molecular weight is 394 g/mol. The van der Waals surface area contributed by atoms with Crippen LogP contribution in [0.5, 0.6) is 5.88 Å². The Morgan fingerprint density at radius 3 is 2.52 bits per heavy atom. The summed E-state index contributed by atoms with van der Waals surface area (Å²) in [7, 11) is 0. The van der Waals surface area contributed by atoms with E-state index in [9.17, 15) is 4.79 Å². The van der Waals surface area contributed by atoms with E-state index in [0.717, 1.165) is 31.2 Å². The van der Waals surface area contributed by atoms with Crippen LogP contribution in [0.3, 0.4) is 0 Å². The number of carbonyl (C=O) groups is 1. The van der Waals surface area contributed by atoms with Gasteiger partial charge in [-0.15, -0.1) is 0 Å². The van der Waals surface area contributed by atoms with Crippen molar-refractivity contribution in [2.24, 2.45) is 10.9 Å². The number of aliphatic carboxylic acids is 1. The predicted octanol–water partition coefficient (Wildman–Crippen LogP) is 4.35. The van der Waals surface area contributed by atoms with E-state index >= 15 is 0 Å². The average Bonchev–Trinajstić information content (AvgIpc) is 2.67. The Kier molecular flexibility index (Phi) is 4.98. The van der Waals surface area contributed by atoms with E-state index in [4.69, 9.17) is 15.6 Å². The molecule has 152 valence electrons. The molecular formula is C22H26N4O3. The minimum atomic E-state index is -0.694. The van der Waals surface area contributed by atoms with E-state index in [1.165, 1.54) is 5.56 Å². The number of nitrogens with two attached hydrogens (primary N) is 1. The normalized spacial score (nSPS) is 22.6. The van der Waals surface area contributed by atoms with Gasteiger partial charge in [0.05, 0.1) is 0 Å². The third-order valence-electron chi connectivity index (χ3n) is 5.69. The highest BCUT2D eigenvalue weighted by Gasteiger charge is 2.27. The van der Waals surface area contributed by atoms with Crippen LogP contribution in [-0.4, -0.2) is 32.9 Å². The van der Waals surface area contributed by atoms with E-state index in [1.807, 2.05) is 26.0 Å². The molecule has 0 saturated heterocycles. The van der Waals surface area contributed by atoms with Gasteiger partial charge in [-0.2, -0.15) is 4.98 Å². The van der Waals surface area contributed by atoms with Crippen LogP contribution in [0.1, 0.15) is 57.4 Å². The second kappa shape index (κ2) is 7.46. The first-order valence-corrected chi connectivity index (χ1v) is 10.0. The van der Waals surface area contributed by atoms with E-state index in [0.29, 0.717) is 35.0 Å². The van der Waals surface area contributed by atoms with Crippen molar-refractivity contribution in [3.05, 3.63) is 29.8 Å². The van der Waals surface area contributed by atoms with Crippen LogP contribution < -0.4 is 10.5 Å². The van der Waals surface area contributed by atoms with Crippen molar-refractivity contribution in [1.29, 1.82) is 0 Å². The molecular weight excluding hydrogens is 368 g/mol. The number of carboxylic acid groups (broad SMARTS) is 1. The molecule has 3 N–H and O–H groups in total. The van der Waals surface area contributed by atoms with Crippen molar-refractivity contribution in [2.75, 3.05) is 5.73 Å². The molecule has 1 fully saturated rings. The van der Waals surface area contributed by atoms with E-state index in [2.05, 4.69) is 27.1 Å². The molecule has 1 saturated carbocycles. The summed E-state index contributed by atoms with van der Waals surface area (Å²) in [6.45, 7) is 3.83. The summed E-state index contributed by atoms with van der Waals surface area (Å²) >= 11 is 0. The lowest BCUT2D eigenvalue weighted by Crippen LogP contribution is -2.32. The van der Waals surface area contributed by atoms with Crippen LogP contribution in [0.15, 0.2) is 29.3 Å². The number of hydrogen-bond donors (Lipinski definition) is 2. The Balaban J connectivity index is 1.50. The van der Waals surface area contributed by atoms with Crippen molar-refractivity contribution in [3.8, 4) is 17.3 Å².